The molecule has 0 radical (unpaired) electrons. The van der Waals surface area contributed by atoms with Gasteiger partial charge in [0.1, 0.15) is 4.90 Å². The fourth-order valence-electron chi connectivity index (χ4n) is 3.35. The van der Waals surface area contributed by atoms with Gasteiger partial charge in [-0.2, -0.15) is 0 Å². The maximum Gasteiger partial charge on any atom is 0.263 e. The SMILES string of the molecule is Cc1ccc(NS(=O)(=O)c2cc(C(=O)N[C@H](C)c3ccc(S(C)(=O)=O)cc3)ccc2Cl)c(C)c1. The van der Waals surface area contributed by atoms with Crippen molar-refractivity contribution in [3.05, 3.63) is 87.9 Å². The molecule has 0 spiro atoms. The lowest BCUT2D eigenvalue weighted by Crippen LogP contribution is -2.27. The molecule has 7 nitrogen and oxygen atoms in total. The molecule has 0 aliphatic carbocycles. The fourth-order valence-corrected chi connectivity index (χ4v) is 5.63. The second-order valence-electron chi connectivity index (χ2n) is 8.11. The van der Waals surface area contributed by atoms with Crippen molar-refractivity contribution in [3.63, 3.8) is 0 Å². The molecule has 10 heteroatoms. The molecule has 1 atom stereocenters. The van der Waals surface area contributed by atoms with Crippen molar-refractivity contribution < 1.29 is 21.6 Å². The summed E-state index contributed by atoms with van der Waals surface area (Å²) in [4.78, 5) is 12.8. The van der Waals surface area contributed by atoms with Crippen LogP contribution in [0.5, 0.6) is 0 Å². The number of benzene rings is 3. The van der Waals surface area contributed by atoms with Gasteiger partial charge < -0.3 is 5.32 Å². The minimum atomic E-state index is -4.05. The lowest BCUT2D eigenvalue weighted by molar-refractivity contribution is 0.0939. The van der Waals surface area contributed by atoms with Crippen molar-refractivity contribution >= 4 is 43.1 Å². The molecule has 0 aromatic heterocycles. The highest BCUT2D eigenvalue weighted by atomic mass is 35.5. The number of hydrogen-bond acceptors (Lipinski definition) is 5. The van der Waals surface area contributed by atoms with Gasteiger partial charge in [0.05, 0.1) is 21.6 Å². The van der Waals surface area contributed by atoms with Crippen LogP contribution in [0.2, 0.25) is 5.02 Å². The summed E-state index contributed by atoms with van der Waals surface area (Å²) in [5.74, 6) is -0.501. The summed E-state index contributed by atoms with van der Waals surface area (Å²) in [5.41, 5.74) is 2.98. The molecule has 0 unspecified atom stereocenters. The zero-order valence-corrected chi connectivity index (χ0v) is 21.5. The van der Waals surface area contributed by atoms with E-state index in [0.717, 1.165) is 17.4 Å². The Morgan fingerprint density at radius 1 is 0.912 bits per heavy atom. The summed E-state index contributed by atoms with van der Waals surface area (Å²) in [6.07, 6.45) is 1.12. The smallest absolute Gasteiger partial charge is 0.263 e. The Hall–Kier alpha value is -2.88. The largest absolute Gasteiger partial charge is 0.346 e. The summed E-state index contributed by atoms with van der Waals surface area (Å²) in [6.45, 7) is 5.44. The summed E-state index contributed by atoms with van der Waals surface area (Å²) in [6, 6.07) is 15.1. The molecule has 0 bridgehead atoms. The third-order valence-corrected chi connectivity index (χ3v) is 8.24. The first-order valence-electron chi connectivity index (χ1n) is 10.3. The van der Waals surface area contributed by atoms with Crippen molar-refractivity contribution in [2.75, 3.05) is 11.0 Å². The van der Waals surface area contributed by atoms with Gasteiger partial charge in [-0.05, 0) is 68.3 Å². The minimum absolute atomic E-state index is 0.0155. The number of carbonyl (C=O) groups excluding carboxylic acids is 1. The van der Waals surface area contributed by atoms with Crippen LogP contribution in [0.4, 0.5) is 5.69 Å². The first-order valence-corrected chi connectivity index (χ1v) is 14.0. The molecule has 2 N–H and O–H groups in total. The van der Waals surface area contributed by atoms with E-state index in [1.165, 1.54) is 30.3 Å². The van der Waals surface area contributed by atoms with Crippen LogP contribution in [0.3, 0.4) is 0 Å². The molecule has 0 saturated heterocycles. The molecule has 180 valence electrons. The van der Waals surface area contributed by atoms with E-state index in [9.17, 15) is 21.6 Å². The number of halogens is 1. The standard InChI is InChI=1S/C24H25ClN2O5S2/c1-15-5-12-22(16(2)13-15)27-34(31,32)23-14-19(8-11-21(23)25)24(28)26-17(3)18-6-9-20(10-7-18)33(4,29)30/h5-14,17,27H,1-4H3,(H,26,28)/t17-/m1/s1. The number of carbonyl (C=O) groups is 1. The molecule has 0 heterocycles. The predicted octanol–water partition coefficient (Wildman–Crippen LogP) is 4.65. The molecule has 3 aromatic rings. The van der Waals surface area contributed by atoms with Crippen molar-refractivity contribution in [2.45, 2.75) is 36.6 Å². The second kappa shape index (κ2) is 9.77. The number of aryl methyl sites for hydroxylation is 2. The zero-order valence-electron chi connectivity index (χ0n) is 19.1. The van der Waals surface area contributed by atoms with E-state index in [4.69, 9.17) is 11.6 Å². The Morgan fingerprint density at radius 3 is 2.15 bits per heavy atom. The highest BCUT2D eigenvalue weighted by molar-refractivity contribution is 7.92. The van der Waals surface area contributed by atoms with Gasteiger partial charge >= 0.3 is 0 Å². The maximum atomic E-state index is 13.0. The zero-order chi connectivity index (χ0) is 25.3. The third-order valence-electron chi connectivity index (χ3n) is 5.26. The van der Waals surface area contributed by atoms with Gasteiger partial charge in [0.25, 0.3) is 15.9 Å². The summed E-state index contributed by atoms with van der Waals surface area (Å²) in [7, 11) is -7.38. The Balaban J connectivity index is 1.82. The van der Waals surface area contributed by atoms with Gasteiger partial charge in [-0.3, -0.25) is 9.52 Å². The molecule has 3 aromatic carbocycles. The van der Waals surface area contributed by atoms with Gasteiger partial charge in [0.2, 0.25) is 0 Å². The van der Waals surface area contributed by atoms with Gasteiger partial charge in [-0.15, -0.1) is 0 Å². The van der Waals surface area contributed by atoms with Crippen LogP contribution < -0.4 is 10.0 Å². The van der Waals surface area contributed by atoms with Crippen LogP contribution in [0.25, 0.3) is 0 Å². The molecule has 34 heavy (non-hydrogen) atoms. The number of rotatable bonds is 7. The topological polar surface area (TPSA) is 109 Å². The Morgan fingerprint density at radius 2 is 1.56 bits per heavy atom. The van der Waals surface area contributed by atoms with Crippen molar-refractivity contribution in [1.82, 2.24) is 5.32 Å². The summed E-state index contributed by atoms with van der Waals surface area (Å²) >= 11 is 6.17. The first-order chi connectivity index (χ1) is 15.8. The highest BCUT2D eigenvalue weighted by Gasteiger charge is 2.22. The molecule has 0 aliphatic heterocycles. The highest BCUT2D eigenvalue weighted by Crippen LogP contribution is 2.27. The third kappa shape index (κ3) is 5.97. The molecule has 3 rings (SSSR count). The van der Waals surface area contributed by atoms with Crippen molar-refractivity contribution in [1.29, 1.82) is 0 Å². The van der Waals surface area contributed by atoms with Gasteiger partial charge in [-0.25, -0.2) is 16.8 Å². The van der Waals surface area contributed by atoms with E-state index in [0.29, 0.717) is 11.3 Å². The molecule has 1 amide bonds. The van der Waals surface area contributed by atoms with Crippen LogP contribution in [0.15, 0.2) is 70.5 Å². The number of sulfonamides is 1. The van der Waals surface area contributed by atoms with Crippen LogP contribution >= 0.6 is 11.6 Å². The fraction of sp³-hybridized carbons (Fsp3) is 0.208. The first kappa shape index (κ1) is 25.7. The van der Waals surface area contributed by atoms with Crippen LogP contribution in [-0.2, 0) is 19.9 Å². The minimum Gasteiger partial charge on any atom is -0.346 e. The molecule has 0 saturated carbocycles. The van der Waals surface area contributed by atoms with Crippen molar-refractivity contribution in [2.24, 2.45) is 0 Å². The Labute approximate surface area is 205 Å². The lowest BCUT2D eigenvalue weighted by Gasteiger charge is -2.16. The van der Waals surface area contributed by atoms with Crippen LogP contribution in [0, 0.1) is 13.8 Å². The van der Waals surface area contributed by atoms with Crippen LogP contribution in [-0.4, -0.2) is 29.0 Å². The molecule has 0 fully saturated rings. The van der Waals surface area contributed by atoms with Crippen LogP contribution in [0.1, 0.15) is 40.0 Å². The molecular weight excluding hydrogens is 496 g/mol. The maximum absolute atomic E-state index is 13.0. The van der Waals surface area contributed by atoms with E-state index >= 15 is 0 Å². The van der Waals surface area contributed by atoms with Gasteiger partial charge in [-0.1, -0.05) is 41.4 Å². The number of sulfone groups is 1. The summed E-state index contributed by atoms with van der Waals surface area (Å²) < 4.78 is 51.8. The average molecular weight is 521 g/mol. The predicted molar refractivity (Wildman–Crippen MR) is 134 cm³/mol. The molecular formula is C24H25ClN2O5S2. The van der Waals surface area contributed by atoms with E-state index in [1.54, 1.807) is 38.1 Å². The van der Waals surface area contributed by atoms with E-state index in [2.05, 4.69) is 10.0 Å². The number of amides is 1. The quantitative estimate of drug-likeness (QED) is 0.471. The number of hydrogen-bond donors (Lipinski definition) is 2. The normalized spacial score (nSPS) is 12.7. The Bertz CT molecular complexity index is 1450. The van der Waals surface area contributed by atoms with E-state index in [1.807, 2.05) is 13.0 Å². The molecule has 0 aliphatic rings. The summed E-state index contributed by atoms with van der Waals surface area (Å²) in [5, 5.41) is 2.77. The van der Waals surface area contributed by atoms with Gasteiger partial charge in [0, 0.05) is 11.8 Å². The average Bonchev–Trinajstić information content (AvgIpc) is 2.75. The van der Waals surface area contributed by atoms with Gasteiger partial charge in [0.15, 0.2) is 9.84 Å². The van der Waals surface area contributed by atoms with Crippen molar-refractivity contribution in [3.8, 4) is 0 Å². The monoisotopic (exact) mass is 520 g/mol. The lowest BCUT2D eigenvalue weighted by atomic mass is 10.1. The Kier molecular flexibility index (Phi) is 7.40. The second-order valence-corrected chi connectivity index (χ2v) is 12.2. The number of nitrogens with one attached hydrogen (secondary N) is 2. The van der Waals surface area contributed by atoms with E-state index in [-0.39, 0.29) is 20.4 Å². The number of anilines is 1. The van der Waals surface area contributed by atoms with E-state index < -0.39 is 31.8 Å².